The van der Waals surface area contributed by atoms with Crippen LogP contribution in [0.4, 0.5) is 0 Å². The molecule has 1 amide bonds. The lowest BCUT2D eigenvalue weighted by Gasteiger charge is -2.22. The summed E-state index contributed by atoms with van der Waals surface area (Å²) in [5.74, 6) is 0.498. The fourth-order valence-electron chi connectivity index (χ4n) is 3.52. The van der Waals surface area contributed by atoms with Crippen LogP contribution in [0.2, 0.25) is 5.02 Å². The van der Waals surface area contributed by atoms with Gasteiger partial charge in [-0.1, -0.05) is 54.8 Å². The Balaban J connectivity index is 1.48. The third-order valence-electron chi connectivity index (χ3n) is 5.02. The molecule has 0 aliphatic heterocycles. The quantitative estimate of drug-likeness (QED) is 0.605. The summed E-state index contributed by atoms with van der Waals surface area (Å²) in [5, 5.41) is 8.73. The Morgan fingerprint density at radius 1 is 1.21 bits per heavy atom. The number of carbonyl (C=O) groups is 1. The SMILES string of the molecule is O=C(Cn1nc2c(SCc3ccc(Cl)cc3)nccn2c1=O)NC1CCCCC1. The van der Waals surface area contributed by atoms with Gasteiger partial charge in [0.15, 0.2) is 5.65 Å². The minimum absolute atomic E-state index is 0.0850. The van der Waals surface area contributed by atoms with Crippen LogP contribution in [0, 0.1) is 0 Å². The van der Waals surface area contributed by atoms with Crippen molar-refractivity contribution in [2.45, 2.75) is 55.5 Å². The molecule has 152 valence electrons. The molecule has 1 saturated carbocycles. The van der Waals surface area contributed by atoms with Gasteiger partial charge >= 0.3 is 5.69 Å². The molecule has 0 saturated heterocycles. The van der Waals surface area contributed by atoms with E-state index >= 15 is 0 Å². The number of amides is 1. The standard InChI is InChI=1S/C20H22ClN5O2S/c21-15-8-6-14(7-9-15)13-29-19-18-24-26(20(28)25(18)11-10-22-19)12-17(27)23-16-4-2-1-3-5-16/h6-11,16H,1-5,12-13H2,(H,23,27). The lowest BCUT2D eigenvalue weighted by molar-refractivity contribution is -0.122. The molecule has 29 heavy (non-hydrogen) atoms. The molecule has 0 unspecified atom stereocenters. The molecule has 3 aromatic rings. The summed E-state index contributed by atoms with van der Waals surface area (Å²) in [7, 11) is 0. The van der Waals surface area contributed by atoms with Crippen molar-refractivity contribution < 1.29 is 4.79 Å². The van der Waals surface area contributed by atoms with Crippen molar-refractivity contribution in [1.82, 2.24) is 24.5 Å². The first kappa shape index (κ1) is 20.0. The van der Waals surface area contributed by atoms with E-state index in [0.29, 0.717) is 21.4 Å². The Bertz CT molecular complexity index is 1060. The zero-order chi connectivity index (χ0) is 20.2. The molecule has 2 aromatic heterocycles. The Morgan fingerprint density at radius 3 is 2.72 bits per heavy atom. The number of fused-ring (bicyclic) bond motifs is 1. The van der Waals surface area contributed by atoms with Gasteiger partial charge in [0.1, 0.15) is 11.6 Å². The molecule has 1 aliphatic rings. The van der Waals surface area contributed by atoms with Crippen molar-refractivity contribution in [3.63, 3.8) is 0 Å². The zero-order valence-electron chi connectivity index (χ0n) is 15.9. The topological polar surface area (TPSA) is 81.3 Å². The second-order valence-electron chi connectivity index (χ2n) is 7.18. The third-order valence-corrected chi connectivity index (χ3v) is 6.31. The van der Waals surface area contributed by atoms with Gasteiger partial charge < -0.3 is 5.32 Å². The van der Waals surface area contributed by atoms with E-state index in [1.807, 2.05) is 24.3 Å². The minimum atomic E-state index is -0.338. The van der Waals surface area contributed by atoms with E-state index in [9.17, 15) is 9.59 Å². The first-order valence-corrected chi connectivity index (χ1v) is 11.1. The van der Waals surface area contributed by atoms with E-state index in [4.69, 9.17) is 11.6 Å². The first-order chi connectivity index (χ1) is 14.1. The molecule has 0 bridgehead atoms. The Kier molecular flexibility index (Phi) is 6.20. The molecular formula is C20H22ClN5O2S. The summed E-state index contributed by atoms with van der Waals surface area (Å²) in [5.41, 5.74) is 1.22. The average Bonchev–Trinajstić information content (AvgIpc) is 3.04. The lowest BCUT2D eigenvalue weighted by atomic mass is 9.95. The van der Waals surface area contributed by atoms with Crippen LogP contribution in [0.25, 0.3) is 5.65 Å². The van der Waals surface area contributed by atoms with Crippen molar-refractivity contribution in [2.24, 2.45) is 0 Å². The Labute approximate surface area is 177 Å². The second kappa shape index (κ2) is 9.00. The van der Waals surface area contributed by atoms with Gasteiger partial charge in [0.2, 0.25) is 5.91 Å². The van der Waals surface area contributed by atoms with Crippen LogP contribution < -0.4 is 11.0 Å². The number of nitrogens with one attached hydrogen (secondary N) is 1. The fourth-order valence-corrected chi connectivity index (χ4v) is 4.54. The van der Waals surface area contributed by atoms with Gasteiger partial charge in [0.25, 0.3) is 0 Å². The maximum atomic E-state index is 12.7. The highest BCUT2D eigenvalue weighted by atomic mass is 35.5. The molecule has 7 nitrogen and oxygen atoms in total. The number of halogens is 1. The van der Waals surface area contributed by atoms with Gasteiger partial charge in [-0.15, -0.1) is 5.10 Å². The average molecular weight is 432 g/mol. The van der Waals surface area contributed by atoms with Crippen molar-refractivity contribution in [1.29, 1.82) is 0 Å². The van der Waals surface area contributed by atoms with Crippen molar-refractivity contribution in [3.8, 4) is 0 Å². The molecule has 0 spiro atoms. The maximum absolute atomic E-state index is 12.7. The summed E-state index contributed by atoms with van der Waals surface area (Å²) in [6, 6.07) is 7.80. The van der Waals surface area contributed by atoms with Crippen LogP contribution in [0.5, 0.6) is 0 Å². The molecule has 1 N–H and O–H groups in total. The van der Waals surface area contributed by atoms with E-state index < -0.39 is 0 Å². The predicted octanol–water partition coefficient (Wildman–Crippen LogP) is 3.29. The number of hydrogen-bond donors (Lipinski definition) is 1. The highest BCUT2D eigenvalue weighted by Crippen LogP contribution is 2.24. The smallest absolute Gasteiger partial charge is 0.350 e. The summed E-state index contributed by atoms with van der Waals surface area (Å²) in [4.78, 5) is 29.4. The second-order valence-corrected chi connectivity index (χ2v) is 8.58. The van der Waals surface area contributed by atoms with Crippen molar-refractivity contribution in [2.75, 3.05) is 0 Å². The van der Waals surface area contributed by atoms with Crippen LogP contribution in [-0.4, -0.2) is 31.1 Å². The lowest BCUT2D eigenvalue weighted by Crippen LogP contribution is -2.40. The summed E-state index contributed by atoms with van der Waals surface area (Å²) >= 11 is 7.42. The van der Waals surface area contributed by atoms with E-state index in [-0.39, 0.29) is 24.2 Å². The normalized spacial score (nSPS) is 14.9. The number of benzene rings is 1. The highest BCUT2D eigenvalue weighted by Gasteiger charge is 2.18. The van der Waals surface area contributed by atoms with Crippen molar-refractivity contribution >= 4 is 34.9 Å². The van der Waals surface area contributed by atoms with E-state index in [0.717, 1.165) is 31.2 Å². The van der Waals surface area contributed by atoms with Gasteiger partial charge in [0, 0.05) is 29.2 Å². The van der Waals surface area contributed by atoms with Gasteiger partial charge in [0.05, 0.1) is 0 Å². The highest BCUT2D eigenvalue weighted by molar-refractivity contribution is 7.98. The van der Waals surface area contributed by atoms with Crippen LogP contribution in [-0.2, 0) is 17.1 Å². The van der Waals surface area contributed by atoms with Gasteiger partial charge in [-0.25, -0.2) is 18.9 Å². The summed E-state index contributed by atoms with van der Waals surface area (Å²) < 4.78 is 2.65. The summed E-state index contributed by atoms with van der Waals surface area (Å²) in [6.07, 6.45) is 8.65. The largest absolute Gasteiger partial charge is 0.352 e. The third kappa shape index (κ3) is 4.82. The minimum Gasteiger partial charge on any atom is -0.352 e. The monoisotopic (exact) mass is 431 g/mol. The molecule has 9 heteroatoms. The molecule has 2 heterocycles. The maximum Gasteiger partial charge on any atom is 0.350 e. The first-order valence-electron chi connectivity index (χ1n) is 9.71. The van der Waals surface area contributed by atoms with Crippen LogP contribution in [0.15, 0.2) is 46.5 Å². The van der Waals surface area contributed by atoms with E-state index in [1.54, 1.807) is 12.4 Å². The van der Waals surface area contributed by atoms with Crippen molar-refractivity contribution in [3.05, 3.63) is 57.7 Å². The molecule has 1 aromatic carbocycles. The molecule has 1 fully saturated rings. The number of carbonyl (C=O) groups excluding carboxylic acids is 1. The molecular weight excluding hydrogens is 410 g/mol. The van der Waals surface area contributed by atoms with E-state index in [2.05, 4.69) is 15.4 Å². The number of rotatable bonds is 6. The van der Waals surface area contributed by atoms with Crippen LogP contribution in [0.3, 0.4) is 0 Å². The van der Waals surface area contributed by atoms with Gasteiger partial charge in [-0.3, -0.25) is 4.79 Å². The number of aromatic nitrogens is 4. The molecule has 1 aliphatic carbocycles. The van der Waals surface area contributed by atoms with Crippen LogP contribution >= 0.6 is 23.4 Å². The number of nitrogens with zero attached hydrogens (tertiary/aromatic N) is 4. The molecule has 0 atom stereocenters. The molecule has 0 radical (unpaired) electrons. The van der Waals surface area contributed by atoms with E-state index in [1.165, 1.54) is 27.3 Å². The van der Waals surface area contributed by atoms with Crippen LogP contribution in [0.1, 0.15) is 37.7 Å². The number of hydrogen-bond acceptors (Lipinski definition) is 5. The number of thioether (sulfide) groups is 1. The van der Waals surface area contributed by atoms with Gasteiger partial charge in [-0.05, 0) is 30.5 Å². The Morgan fingerprint density at radius 2 is 1.97 bits per heavy atom. The predicted molar refractivity (Wildman–Crippen MR) is 113 cm³/mol. The summed E-state index contributed by atoms with van der Waals surface area (Å²) in [6.45, 7) is -0.0850. The Hall–Kier alpha value is -2.32. The van der Waals surface area contributed by atoms with Gasteiger partial charge in [-0.2, -0.15) is 0 Å². The zero-order valence-corrected chi connectivity index (χ0v) is 17.5. The molecule has 4 rings (SSSR count). The fraction of sp³-hybridized carbons (Fsp3) is 0.400.